The Hall–Kier alpha value is -2.29. The van der Waals surface area contributed by atoms with Crippen molar-refractivity contribution in [2.45, 2.75) is 37.7 Å². The Bertz CT molecular complexity index is 1050. The molecule has 0 bridgehead atoms. The summed E-state index contributed by atoms with van der Waals surface area (Å²) >= 11 is 9.60. The van der Waals surface area contributed by atoms with Crippen LogP contribution in [-0.2, 0) is 7.05 Å². The van der Waals surface area contributed by atoms with Crippen molar-refractivity contribution < 1.29 is 4.74 Å². The molecule has 1 aromatic heterocycles. The van der Waals surface area contributed by atoms with E-state index < -0.39 is 0 Å². The molecule has 0 saturated heterocycles. The highest BCUT2D eigenvalue weighted by molar-refractivity contribution is 9.10. The molecule has 1 aliphatic rings. The van der Waals surface area contributed by atoms with Gasteiger partial charge in [0.1, 0.15) is 17.6 Å². The van der Waals surface area contributed by atoms with Crippen LogP contribution < -0.4 is 4.74 Å². The fraction of sp³-hybridized carbons (Fsp3) is 0.304. The van der Waals surface area contributed by atoms with Crippen LogP contribution in [0.5, 0.6) is 5.75 Å². The highest BCUT2D eigenvalue weighted by atomic mass is 79.9. The van der Waals surface area contributed by atoms with E-state index in [-0.39, 0.29) is 6.10 Å². The van der Waals surface area contributed by atoms with E-state index in [9.17, 15) is 0 Å². The summed E-state index contributed by atoms with van der Waals surface area (Å²) in [5, 5.41) is 9.43. The number of nitrogens with zero attached hydrogens (tertiary/aromatic N) is 3. The zero-order valence-corrected chi connectivity index (χ0v) is 18.4. The molecule has 4 nitrogen and oxygen atoms in total. The zero-order valence-electron chi connectivity index (χ0n) is 16.1. The van der Waals surface area contributed by atoms with Gasteiger partial charge >= 0.3 is 0 Å². The lowest BCUT2D eigenvalue weighted by Gasteiger charge is -2.29. The highest BCUT2D eigenvalue weighted by Crippen LogP contribution is 2.36. The maximum atomic E-state index is 8.99. The van der Waals surface area contributed by atoms with Gasteiger partial charge in [-0.15, -0.1) is 0 Å². The molecule has 0 radical (unpaired) electrons. The fourth-order valence-corrected chi connectivity index (χ4v) is 4.46. The second-order valence-corrected chi connectivity index (χ2v) is 8.74. The summed E-state index contributed by atoms with van der Waals surface area (Å²) in [4.78, 5) is 4.74. The van der Waals surface area contributed by atoms with Crippen LogP contribution >= 0.6 is 27.5 Å². The molecule has 0 aliphatic heterocycles. The van der Waals surface area contributed by atoms with Crippen LogP contribution in [-0.4, -0.2) is 15.7 Å². The molecule has 1 heterocycles. The Labute approximate surface area is 184 Å². The van der Waals surface area contributed by atoms with Crippen LogP contribution in [0, 0.1) is 11.3 Å². The highest BCUT2D eigenvalue weighted by Gasteiger charge is 2.27. The Balaban J connectivity index is 1.40. The second kappa shape index (κ2) is 8.61. The number of nitriles is 1. The molecule has 148 valence electrons. The van der Waals surface area contributed by atoms with Crippen molar-refractivity contribution in [3.63, 3.8) is 0 Å². The third-order valence-electron chi connectivity index (χ3n) is 5.57. The summed E-state index contributed by atoms with van der Waals surface area (Å²) in [5.74, 6) is 2.31. The molecule has 4 rings (SSSR count). The van der Waals surface area contributed by atoms with Crippen molar-refractivity contribution in [3.05, 3.63) is 69.5 Å². The molecule has 0 N–H and O–H groups in total. The SMILES string of the molecule is Cn1c(-c2ccc(Br)cc2)cnc1C1CCC(Oc2ccc(C#N)c(Cl)c2)CC1. The van der Waals surface area contributed by atoms with Gasteiger partial charge in [0.05, 0.1) is 28.6 Å². The van der Waals surface area contributed by atoms with E-state index in [1.54, 1.807) is 12.1 Å². The van der Waals surface area contributed by atoms with Crippen molar-refractivity contribution in [1.29, 1.82) is 5.26 Å². The predicted octanol–water partition coefficient (Wildman–Crippen LogP) is 6.48. The van der Waals surface area contributed by atoms with E-state index in [0.717, 1.165) is 47.4 Å². The minimum Gasteiger partial charge on any atom is -0.490 e. The van der Waals surface area contributed by atoms with Gasteiger partial charge in [-0.3, -0.25) is 0 Å². The number of ether oxygens (including phenoxy) is 1. The van der Waals surface area contributed by atoms with Crippen LogP contribution in [0.15, 0.2) is 53.1 Å². The van der Waals surface area contributed by atoms with Crippen LogP contribution in [0.3, 0.4) is 0 Å². The lowest BCUT2D eigenvalue weighted by molar-refractivity contribution is 0.144. The van der Waals surface area contributed by atoms with E-state index >= 15 is 0 Å². The minimum absolute atomic E-state index is 0.168. The Morgan fingerprint density at radius 3 is 2.52 bits per heavy atom. The number of aromatic nitrogens is 2. The first kappa shape index (κ1) is 20.0. The van der Waals surface area contributed by atoms with E-state index in [2.05, 4.69) is 57.9 Å². The van der Waals surface area contributed by atoms with Crippen molar-refractivity contribution in [1.82, 2.24) is 9.55 Å². The number of benzene rings is 2. The lowest BCUT2D eigenvalue weighted by atomic mass is 9.86. The molecule has 0 spiro atoms. The van der Waals surface area contributed by atoms with Crippen molar-refractivity contribution >= 4 is 27.5 Å². The smallest absolute Gasteiger partial charge is 0.121 e. The van der Waals surface area contributed by atoms with Gasteiger partial charge in [-0.1, -0.05) is 39.7 Å². The van der Waals surface area contributed by atoms with Gasteiger partial charge in [0.15, 0.2) is 0 Å². The van der Waals surface area contributed by atoms with Crippen LogP contribution in [0.2, 0.25) is 5.02 Å². The van der Waals surface area contributed by atoms with Crippen molar-refractivity contribution in [2.75, 3.05) is 0 Å². The molecule has 2 aromatic carbocycles. The maximum absolute atomic E-state index is 8.99. The molecule has 0 amide bonds. The zero-order chi connectivity index (χ0) is 20.4. The monoisotopic (exact) mass is 469 g/mol. The standard InChI is InChI=1S/C23H21BrClN3O/c1-28-22(15-2-7-18(24)8-3-15)14-27-23(28)16-4-9-19(10-5-16)29-20-11-6-17(13-26)21(25)12-20/h2-3,6-8,11-12,14,16,19H,4-5,9-10H2,1H3. The summed E-state index contributed by atoms with van der Waals surface area (Å²) < 4.78 is 9.40. The molecule has 29 heavy (non-hydrogen) atoms. The first-order valence-electron chi connectivity index (χ1n) is 9.69. The predicted molar refractivity (Wildman–Crippen MR) is 118 cm³/mol. The molecule has 1 aliphatic carbocycles. The molecule has 0 unspecified atom stereocenters. The van der Waals surface area contributed by atoms with Gasteiger partial charge in [-0.05, 0) is 55.5 Å². The lowest BCUT2D eigenvalue weighted by Crippen LogP contribution is -2.24. The normalized spacial score (nSPS) is 19.0. The van der Waals surface area contributed by atoms with Gasteiger partial charge < -0.3 is 9.30 Å². The second-order valence-electron chi connectivity index (χ2n) is 7.41. The molecule has 6 heteroatoms. The van der Waals surface area contributed by atoms with E-state index in [1.807, 2.05) is 12.3 Å². The van der Waals surface area contributed by atoms with E-state index in [0.29, 0.717) is 16.5 Å². The third kappa shape index (κ3) is 4.34. The number of imidazole rings is 1. The number of rotatable bonds is 4. The van der Waals surface area contributed by atoms with Gasteiger partial charge in [0.25, 0.3) is 0 Å². The van der Waals surface area contributed by atoms with Gasteiger partial charge in [-0.25, -0.2) is 4.98 Å². The molecule has 1 saturated carbocycles. The summed E-state index contributed by atoms with van der Waals surface area (Å²) in [5.41, 5.74) is 2.78. The maximum Gasteiger partial charge on any atom is 0.121 e. The first-order chi connectivity index (χ1) is 14.0. The van der Waals surface area contributed by atoms with Crippen LogP contribution in [0.1, 0.15) is 43.0 Å². The van der Waals surface area contributed by atoms with Crippen molar-refractivity contribution in [2.24, 2.45) is 7.05 Å². The fourth-order valence-electron chi connectivity index (χ4n) is 3.98. The largest absolute Gasteiger partial charge is 0.490 e. The van der Waals surface area contributed by atoms with Gasteiger partial charge in [-0.2, -0.15) is 5.26 Å². The Kier molecular flexibility index (Phi) is 5.94. The average Bonchev–Trinajstić information content (AvgIpc) is 3.11. The summed E-state index contributed by atoms with van der Waals surface area (Å²) in [6.45, 7) is 0. The van der Waals surface area contributed by atoms with E-state index in [4.69, 9.17) is 26.6 Å². The van der Waals surface area contributed by atoms with Crippen molar-refractivity contribution in [3.8, 4) is 23.1 Å². The number of hydrogen-bond acceptors (Lipinski definition) is 3. The molecule has 3 aromatic rings. The molecule has 1 fully saturated rings. The summed E-state index contributed by atoms with van der Waals surface area (Å²) in [6.07, 6.45) is 6.17. The first-order valence-corrected chi connectivity index (χ1v) is 10.9. The molecular weight excluding hydrogens is 450 g/mol. The molecule has 0 atom stereocenters. The Morgan fingerprint density at radius 2 is 1.86 bits per heavy atom. The summed E-state index contributed by atoms with van der Waals surface area (Å²) in [7, 11) is 2.10. The topological polar surface area (TPSA) is 50.8 Å². The number of hydrogen-bond donors (Lipinski definition) is 0. The van der Waals surface area contributed by atoms with Crippen LogP contribution in [0.25, 0.3) is 11.3 Å². The van der Waals surface area contributed by atoms with E-state index in [1.165, 1.54) is 5.56 Å². The quantitative estimate of drug-likeness (QED) is 0.438. The van der Waals surface area contributed by atoms with Gasteiger partial charge in [0, 0.05) is 23.5 Å². The average molecular weight is 471 g/mol. The summed E-state index contributed by atoms with van der Waals surface area (Å²) in [6, 6.07) is 15.7. The molecular formula is C23H21BrClN3O. The third-order valence-corrected chi connectivity index (χ3v) is 6.41. The number of halogens is 2. The van der Waals surface area contributed by atoms with Gasteiger partial charge in [0.2, 0.25) is 0 Å². The minimum atomic E-state index is 0.168. The van der Waals surface area contributed by atoms with Crippen LogP contribution in [0.4, 0.5) is 0 Å². The Morgan fingerprint density at radius 1 is 1.14 bits per heavy atom.